The maximum absolute atomic E-state index is 10.7. The molecule has 1 N–H and O–H groups in total. The largest absolute Gasteiger partial charge is 0.488 e. The minimum Gasteiger partial charge on any atom is -0.488 e. The molecule has 3 nitrogen and oxygen atoms in total. The van der Waals surface area contributed by atoms with Crippen LogP contribution in [0.3, 0.4) is 0 Å². The Morgan fingerprint density at radius 1 is 1.14 bits per heavy atom. The van der Waals surface area contributed by atoms with Gasteiger partial charge < -0.3 is 9.84 Å². The van der Waals surface area contributed by atoms with Crippen LogP contribution >= 0.6 is 0 Å². The summed E-state index contributed by atoms with van der Waals surface area (Å²) in [5, 5.41) is 8.75. The van der Waals surface area contributed by atoms with Crippen molar-refractivity contribution >= 4 is 12.0 Å². The second-order valence-corrected chi connectivity index (χ2v) is 4.99. The topological polar surface area (TPSA) is 46.5 Å². The van der Waals surface area contributed by atoms with E-state index in [2.05, 4.69) is 6.07 Å². The fraction of sp³-hybridized carbons (Fsp3) is 0.167. The van der Waals surface area contributed by atoms with Crippen LogP contribution in [-0.4, -0.2) is 11.1 Å². The summed E-state index contributed by atoms with van der Waals surface area (Å²) in [6.45, 7) is 4.46. The molecule has 2 rings (SSSR count). The molecule has 0 aromatic heterocycles. The highest BCUT2D eigenvalue weighted by Gasteiger charge is 2.03. The van der Waals surface area contributed by atoms with E-state index in [9.17, 15) is 4.79 Å². The molecule has 0 fully saturated rings. The molecule has 2 aromatic carbocycles. The van der Waals surface area contributed by atoms with Crippen molar-refractivity contribution in [1.82, 2.24) is 0 Å². The number of carbonyl (C=O) groups is 1. The summed E-state index contributed by atoms with van der Waals surface area (Å²) in [4.78, 5) is 10.7. The van der Waals surface area contributed by atoms with E-state index in [0.717, 1.165) is 22.8 Å². The van der Waals surface area contributed by atoms with Crippen LogP contribution in [0.15, 0.2) is 48.5 Å². The van der Waals surface area contributed by atoms with Gasteiger partial charge in [-0.2, -0.15) is 0 Å². The summed E-state index contributed by atoms with van der Waals surface area (Å²) in [5.41, 5.74) is 4.10. The first-order chi connectivity index (χ1) is 10.0. The minimum atomic E-state index is -0.971. The number of benzene rings is 2. The first-order valence-corrected chi connectivity index (χ1v) is 6.74. The van der Waals surface area contributed by atoms with Crippen molar-refractivity contribution in [3.63, 3.8) is 0 Å². The third-order valence-electron chi connectivity index (χ3n) is 3.05. The number of carboxylic acids is 1. The molecule has 108 valence electrons. The average Bonchev–Trinajstić information content (AvgIpc) is 2.44. The minimum absolute atomic E-state index is 0.457. The van der Waals surface area contributed by atoms with Gasteiger partial charge in [0.1, 0.15) is 12.4 Å². The Hall–Kier alpha value is -2.55. The Labute approximate surface area is 124 Å². The molecule has 0 atom stereocenters. The molecule has 0 heterocycles. The van der Waals surface area contributed by atoms with Gasteiger partial charge in [0.25, 0.3) is 0 Å². The molecule has 0 spiro atoms. The zero-order valence-electron chi connectivity index (χ0n) is 12.2. The zero-order chi connectivity index (χ0) is 15.2. The predicted octanol–water partition coefficient (Wildman–Crippen LogP) is 3.98. The lowest BCUT2D eigenvalue weighted by Crippen LogP contribution is -1.98. The molecule has 0 amide bonds. The van der Waals surface area contributed by atoms with Gasteiger partial charge in [0.05, 0.1) is 0 Å². The molecule has 21 heavy (non-hydrogen) atoms. The van der Waals surface area contributed by atoms with Gasteiger partial charge >= 0.3 is 5.97 Å². The number of aliphatic carboxylic acids is 1. The van der Waals surface area contributed by atoms with Crippen LogP contribution in [0.4, 0.5) is 0 Å². The summed E-state index contributed by atoms with van der Waals surface area (Å²) in [6, 6.07) is 13.8. The van der Waals surface area contributed by atoms with E-state index < -0.39 is 5.97 Å². The second kappa shape index (κ2) is 6.75. The van der Waals surface area contributed by atoms with Crippen LogP contribution in [0.1, 0.15) is 22.3 Å². The van der Waals surface area contributed by atoms with E-state index >= 15 is 0 Å². The van der Waals surface area contributed by atoms with Gasteiger partial charge in [-0.1, -0.05) is 41.5 Å². The number of carboxylic acid groups (broad SMARTS) is 1. The summed E-state index contributed by atoms with van der Waals surface area (Å²) >= 11 is 0. The Kier molecular flexibility index (Phi) is 4.77. The van der Waals surface area contributed by atoms with E-state index in [1.807, 2.05) is 50.2 Å². The zero-order valence-corrected chi connectivity index (χ0v) is 12.2. The summed E-state index contributed by atoms with van der Waals surface area (Å²) in [6.07, 6.45) is 2.68. The van der Waals surface area contributed by atoms with E-state index in [0.29, 0.717) is 12.4 Å². The first kappa shape index (κ1) is 14.9. The Morgan fingerprint density at radius 2 is 1.90 bits per heavy atom. The second-order valence-electron chi connectivity index (χ2n) is 4.99. The number of hydrogen-bond donors (Lipinski definition) is 1. The Balaban J connectivity index is 2.17. The van der Waals surface area contributed by atoms with Crippen molar-refractivity contribution in [2.45, 2.75) is 20.5 Å². The maximum Gasteiger partial charge on any atom is 0.328 e. The molecular formula is C18H18O3. The molecular weight excluding hydrogens is 264 g/mol. The smallest absolute Gasteiger partial charge is 0.328 e. The molecule has 0 unspecified atom stereocenters. The monoisotopic (exact) mass is 282 g/mol. The van der Waals surface area contributed by atoms with Crippen LogP contribution in [0.5, 0.6) is 5.75 Å². The average molecular weight is 282 g/mol. The Bertz CT molecular complexity index is 672. The van der Waals surface area contributed by atoms with Crippen LogP contribution in [-0.2, 0) is 11.4 Å². The van der Waals surface area contributed by atoms with Gasteiger partial charge in [0, 0.05) is 11.6 Å². The van der Waals surface area contributed by atoms with Crippen molar-refractivity contribution in [1.29, 1.82) is 0 Å². The SMILES string of the molecule is Cc1cccc(COc2ccc(C)cc2C=CC(=O)O)c1. The third-order valence-corrected chi connectivity index (χ3v) is 3.05. The lowest BCUT2D eigenvalue weighted by molar-refractivity contribution is -0.131. The predicted molar refractivity (Wildman–Crippen MR) is 83.4 cm³/mol. The van der Waals surface area contributed by atoms with Gasteiger partial charge in [-0.3, -0.25) is 0 Å². The molecule has 0 aliphatic rings. The molecule has 0 bridgehead atoms. The molecule has 0 saturated carbocycles. The van der Waals surface area contributed by atoms with Gasteiger partial charge in [0.15, 0.2) is 0 Å². The van der Waals surface area contributed by atoms with Gasteiger partial charge in [-0.25, -0.2) is 4.79 Å². The van der Waals surface area contributed by atoms with Crippen molar-refractivity contribution in [2.75, 3.05) is 0 Å². The molecule has 0 aliphatic heterocycles. The third kappa shape index (κ3) is 4.49. The summed E-state index contributed by atoms with van der Waals surface area (Å²) in [5.74, 6) is -0.291. The van der Waals surface area contributed by atoms with Crippen LogP contribution in [0.2, 0.25) is 0 Å². The summed E-state index contributed by atoms with van der Waals surface area (Å²) in [7, 11) is 0. The van der Waals surface area contributed by atoms with E-state index in [4.69, 9.17) is 9.84 Å². The van der Waals surface area contributed by atoms with E-state index in [-0.39, 0.29) is 0 Å². The van der Waals surface area contributed by atoms with Crippen molar-refractivity contribution < 1.29 is 14.6 Å². The number of rotatable bonds is 5. The van der Waals surface area contributed by atoms with Gasteiger partial charge in [-0.15, -0.1) is 0 Å². The molecule has 0 aliphatic carbocycles. The molecule has 2 aromatic rings. The molecule has 0 saturated heterocycles. The standard InChI is InChI=1S/C18H18O3/c1-13-4-3-5-15(10-13)12-21-17-8-6-14(2)11-16(17)7-9-18(19)20/h3-11H,12H2,1-2H3,(H,19,20). The maximum atomic E-state index is 10.7. The van der Waals surface area contributed by atoms with Gasteiger partial charge in [-0.05, 0) is 37.6 Å². The fourth-order valence-corrected chi connectivity index (χ4v) is 2.05. The van der Waals surface area contributed by atoms with Gasteiger partial charge in [0.2, 0.25) is 0 Å². The van der Waals surface area contributed by atoms with Crippen LogP contribution < -0.4 is 4.74 Å². The van der Waals surface area contributed by atoms with E-state index in [1.54, 1.807) is 6.08 Å². The highest BCUT2D eigenvalue weighted by molar-refractivity contribution is 5.85. The molecule has 0 radical (unpaired) electrons. The number of ether oxygens (including phenoxy) is 1. The quantitative estimate of drug-likeness (QED) is 0.844. The lowest BCUT2D eigenvalue weighted by Gasteiger charge is -2.10. The van der Waals surface area contributed by atoms with Crippen molar-refractivity contribution in [2.24, 2.45) is 0 Å². The summed E-state index contributed by atoms with van der Waals surface area (Å²) < 4.78 is 5.82. The lowest BCUT2D eigenvalue weighted by atomic mass is 10.1. The fourth-order valence-electron chi connectivity index (χ4n) is 2.05. The highest BCUT2D eigenvalue weighted by atomic mass is 16.5. The highest BCUT2D eigenvalue weighted by Crippen LogP contribution is 2.23. The number of aryl methyl sites for hydroxylation is 2. The van der Waals surface area contributed by atoms with Crippen molar-refractivity contribution in [3.8, 4) is 5.75 Å². The number of hydrogen-bond acceptors (Lipinski definition) is 2. The van der Waals surface area contributed by atoms with E-state index in [1.165, 1.54) is 5.56 Å². The first-order valence-electron chi connectivity index (χ1n) is 6.74. The molecule has 3 heteroatoms. The van der Waals surface area contributed by atoms with Crippen LogP contribution in [0.25, 0.3) is 6.08 Å². The van der Waals surface area contributed by atoms with Crippen molar-refractivity contribution in [3.05, 3.63) is 70.8 Å². The Morgan fingerprint density at radius 3 is 2.62 bits per heavy atom. The normalized spacial score (nSPS) is 10.8. The van der Waals surface area contributed by atoms with Crippen LogP contribution in [0, 0.1) is 13.8 Å².